The fourth-order valence-corrected chi connectivity index (χ4v) is 2.93. The van der Waals surface area contributed by atoms with Gasteiger partial charge in [-0.2, -0.15) is 5.10 Å². The van der Waals surface area contributed by atoms with Crippen molar-refractivity contribution in [1.29, 1.82) is 0 Å². The highest BCUT2D eigenvalue weighted by Crippen LogP contribution is 2.29. The van der Waals surface area contributed by atoms with Crippen LogP contribution < -0.4 is 24.4 Å². The molecule has 0 radical (unpaired) electrons. The molecule has 9 heteroatoms. The molecule has 1 N–H and O–H groups in total. The number of hydrogen-bond donors (Lipinski definition) is 1. The molecule has 0 heterocycles. The molecule has 33 heavy (non-hydrogen) atoms. The quantitative estimate of drug-likeness (QED) is 0.228. The number of esters is 1. The molecule has 3 aromatic carbocycles. The Morgan fingerprint density at radius 2 is 1.39 bits per heavy atom. The lowest BCUT2D eigenvalue weighted by atomic mass is 10.2. The first kappa shape index (κ1) is 23.6. The van der Waals surface area contributed by atoms with Gasteiger partial charge in [-0.25, -0.2) is 10.2 Å². The highest BCUT2D eigenvalue weighted by atomic mass is 35.5. The summed E-state index contributed by atoms with van der Waals surface area (Å²) in [6, 6.07) is 16.0. The molecule has 0 unspecified atom stereocenters. The first-order valence-corrected chi connectivity index (χ1v) is 10.0. The molecule has 0 atom stereocenters. The zero-order valence-corrected chi connectivity index (χ0v) is 18.9. The van der Waals surface area contributed by atoms with Gasteiger partial charge in [-0.1, -0.05) is 11.6 Å². The summed E-state index contributed by atoms with van der Waals surface area (Å²) >= 11 is 5.84. The van der Waals surface area contributed by atoms with Crippen LogP contribution in [-0.4, -0.2) is 39.4 Å². The van der Waals surface area contributed by atoms with E-state index in [1.165, 1.54) is 27.5 Å². The molecule has 0 aliphatic carbocycles. The van der Waals surface area contributed by atoms with Gasteiger partial charge in [0, 0.05) is 10.6 Å². The molecular formula is C24H21ClN2O6. The molecule has 8 nitrogen and oxygen atoms in total. The zero-order valence-electron chi connectivity index (χ0n) is 18.1. The van der Waals surface area contributed by atoms with Crippen LogP contribution >= 0.6 is 11.6 Å². The summed E-state index contributed by atoms with van der Waals surface area (Å²) in [5.41, 5.74) is 3.77. The van der Waals surface area contributed by atoms with Gasteiger partial charge in [0.15, 0.2) is 23.0 Å². The van der Waals surface area contributed by atoms with E-state index in [4.69, 9.17) is 30.5 Å². The molecule has 0 aliphatic rings. The molecule has 0 spiro atoms. The lowest BCUT2D eigenvalue weighted by Gasteiger charge is -2.10. The Morgan fingerprint density at radius 1 is 0.788 bits per heavy atom. The number of nitrogens with zero attached hydrogens (tertiary/aromatic N) is 1. The minimum atomic E-state index is -0.548. The number of rotatable bonds is 8. The zero-order chi connectivity index (χ0) is 23.8. The largest absolute Gasteiger partial charge is 0.493 e. The second-order valence-corrected chi connectivity index (χ2v) is 7.01. The number of ether oxygens (including phenoxy) is 4. The van der Waals surface area contributed by atoms with Crippen LogP contribution in [0.3, 0.4) is 0 Å². The number of benzene rings is 3. The van der Waals surface area contributed by atoms with Crippen molar-refractivity contribution in [2.45, 2.75) is 0 Å². The molecular weight excluding hydrogens is 448 g/mol. The number of carbonyl (C=O) groups is 2. The fraction of sp³-hybridized carbons (Fsp3) is 0.125. The minimum absolute atomic E-state index is 0.240. The first-order chi connectivity index (χ1) is 15.9. The Kier molecular flexibility index (Phi) is 7.88. The fourth-order valence-electron chi connectivity index (χ4n) is 2.80. The van der Waals surface area contributed by atoms with Crippen LogP contribution in [-0.2, 0) is 0 Å². The third kappa shape index (κ3) is 6.02. The average Bonchev–Trinajstić information content (AvgIpc) is 2.84. The van der Waals surface area contributed by atoms with Crippen molar-refractivity contribution in [3.8, 4) is 23.0 Å². The third-order valence-corrected chi connectivity index (χ3v) is 4.75. The Labute approximate surface area is 195 Å². The van der Waals surface area contributed by atoms with Crippen LogP contribution in [0.25, 0.3) is 0 Å². The lowest BCUT2D eigenvalue weighted by Crippen LogP contribution is -2.17. The van der Waals surface area contributed by atoms with Crippen molar-refractivity contribution < 1.29 is 28.5 Å². The molecule has 3 rings (SSSR count). The van der Waals surface area contributed by atoms with Gasteiger partial charge < -0.3 is 18.9 Å². The molecule has 0 saturated carbocycles. The summed E-state index contributed by atoms with van der Waals surface area (Å²) in [5, 5.41) is 4.48. The van der Waals surface area contributed by atoms with E-state index >= 15 is 0 Å². The summed E-state index contributed by atoms with van der Waals surface area (Å²) in [7, 11) is 4.45. The van der Waals surface area contributed by atoms with E-state index in [9.17, 15) is 9.59 Å². The van der Waals surface area contributed by atoms with Crippen LogP contribution in [0.1, 0.15) is 26.3 Å². The van der Waals surface area contributed by atoms with Gasteiger partial charge in [-0.05, 0) is 66.2 Å². The van der Waals surface area contributed by atoms with Crippen LogP contribution in [0.5, 0.6) is 23.0 Å². The highest BCUT2D eigenvalue weighted by molar-refractivity contribution is 6.30. The van der Waals surface area contributed by atoms with Crippen molar-refractivity contribution in [3.63, 3.8) is 0 Å². The summed E-state index contributed by atoms with van der Waals surface area (Å²) in [4.78, 5) is 24.7. The smallest absolute Gasteiger partial charge is 0.343 e. The van der Waals surface area contributed by atoms with Crippen LogP contribution in [0.4, 0.5) is 0 Å². The van der Waals surface area contributed by atoms with Crippen LogP contribution in [0.2, 0.25) is 5.02 Å². The van der Waals surface area contributed by atoms with Gasteiger partial charge in [0.25, 0.3) is 5.91 Å². The molecule has 170 valence electrons. The number of amides is 1. The van der Waals surface area contributed by atoms with E-state index in [1.54, 1.807) is 60.7 Å². The van der Waals surface area contributed by atoms with Crippen molar-refractivity contribution >= 4 is 29.7 Å². The Balaban J connectivity index is 1.67. The number of hydrogen-bond acceptors (Lipinski definition) is 7. The van der Waals surface area contributed by atoms with Gasteiger partial charge in [0.1, 0.15) is 0 Å². The van der Waals surface area contributed by atoms with Crippen molar-refractivity contribution in [2.24, 2.45) is 5.10 Å². The van der Waals surface area contributed by atoms with Crippen molar-refractivity contribution in [1.82, 2.24) is 5.43 Å². The molecule has 0 aliphatic heterocycles. The average molecular weight is 469 g/mol. The van der Waals surface area contributed by atoms with Gasteiger partial charge in [0.2, 0.25) is 0 Å². The summed E-state index contributed by atoms with van der Waals surface area (Å²) in [6.07, 6.45) is 1.44. The molecule has 0 saturated heterocycles. The monoisotopic (exact) mass is 468 g/mol. The topological polar surface area (TPSA) is 95.5 Å². The maximum Gasteiger partial charge on any atom is 0.343 e. The summed E-state index contributed by atoms with van der Waals surface area (Å²) in [5.74, 6) is 0.543. The number of halogens is 1. The number of nitrogens with one attached hydrogen (secondary N) is 1. The van der Waals surface area contributed by atoms with Crippen LogP contribution in [0.15, 0.2) is 65.8 Å². The summed E-state index contributed by atoms with van der Waals surface area (Å²) < 4.78 is 21.1. The molecule has 3 aromatic rings. The van der Waals surface area contributed by atoms with Gasteiger partial charge in [-0.3, -0.25) is 4.79 Å². The van der Waals surface area contributed by atoms with E-state index < -0.39 is 11.9 Å². The number of carbonyl (C=O) groups excluding carboxylic acids is 2. The SMILES string of the molecule is COc1ccc(C(=O)N/N=C/c2ccc(OC(=O)c3ccc(Cl)cc3)c(OC)c2)cc1OC. The van der Waals surface area contributed by atoms with Gasteiger partial charge >= 0.3 is 5.97 Å². The maximum atomic E-state index is 12.3. The normalized spacial score (nSPS) is 10.5. The van der Waals surface area contributed by atoms with Gasteiger partial charge in [0.05, 0.1) is 33.1 Å². The molecule has 0 bridgehead atoms. The van der Waals surface area contributed by atoms with Gasteiger partial charge in [-0.15, -0.1) is 0 Å². The van der Waals surface area contributed by atoms with E-state index in [0.29, 0.717) is 39.0 Å². The van der Waals surface area contributed by atoms with Crippen LogP contribution in [0, 0.1) is 0 Å². The predicted octanol–water partition coefficient (Wildman–Crippen LogP) is 4.35. The van der Waals surface area contributed by atoms with E-state index in [0.717, 1.165) is 0 Å². The van der Waals surface area contributed by atoms with Crippen molar-refractivity contribution in [2.75, 3.05) is 21.3 Å². The number of hydrazone groups is 1. The summed E-state index contributed by atoms with van der Waals surface area (Å²) in [6.45, 7) is 0. The second-order valence-electron chi connectivity index (χ2n) is 6.58. The minimum Gasteiger partial charge on any atom is -0.493 e. The Bertz CT molecular complexity index is 1180. The van der Waals surface area contributed by atoms with E-state index in [-0.39, 0.29) is 5.75 Å². The predicted molar refractivity (Wildman–Crippen MR) is 124 cm³/mol. The first-order valence-electron chi connectivity index (χ1n) is 9.66. The van der Waals surface area contributed by atoms with E-state index in [2.05, 4.69) is 10.5 Å². The van der Waals surface area contributed by atoms with E-state index in [1.807, 2.05) is 0 Å². The second kappa shape index (κ2) is 11.0. The highest BCUT2D eigenvalue weighted by Gasteiger charge is 2.13. The standard InChI is InChI=1S/C24H21ClN2O6/c1-30-19-11-7-17(13-22(19)32-3)23(28)27-26-14-15-4-10-20(21(12-15)31-2)33-24(29)16-5-8-18(25)9-6-16/h4-14H,1-3H3,(H,27,28)/b26-14+. The molecule has 0 fully saturated rings. The molecule has 0 aromatic heterocycles. The third-order valence-electron chi connectivity index (χ3n) is 4.50. The lowest BCUT2D eigenvalue weighted by molar-refractivity contribution is 0.0729. The maximum absolute atomic E-state index is 12.3. The number of methoxy groups -OCH3 is 3. The molecule has 1 amide bonds. The Morgan fingerprint density at radius 3 is 2.06 bits per heavy atom. The Hall–Kier alpha value is -4.04. The van der Waals surface area contributed by atoms with Crippen molar-refractivity contribution in [3.05, 3.63) is 82.4 Å².